The summed E-state index contributed by atoms with van der Waals surface area (Å²) < 4.78 is 9.78. The predicted octanol–water partition coefficient (Wildman–Crippen LogP) is 5.64. The van der Waals surface area contributed by atoms with E-state index in [1.165, 1.54) is 38.5 Å². The Kier molecular flexibility index (Phi) is 12.3. The lowest BCUT2D eigenvalue weighted by Crippen LogP contribution is -2.17. The number of hydrogen-bond acceptors (Lipinski definition) is 3. The number of hydrogen-bond donors (Lipinski definition) is 0. The second-order valence-corrected chi connectivity index (χ2v) is 5.69. The minimum absolute atomic E-state index is 0.167. The Labute approximate surface area is 123 Å². The minimum atomic E-state index is -0.672. The van der Waals surface area contributed by atoms with Crippen molar-refractivity contribution >= 4 is 17.8 Å². The van der Waals surface area contributed by atoms with Gasteiger partial charge in [0, 0.05) is 0 Å². The van der Waals surface area contributed by atoms with Crippen LogP contribution in [0.2, 0.25) is 0 Å². The molecule has 0 amide bonds. The van der Waals surface area contributed by atoms with E-state index in [-0.39, 0.29) is 6.10 Å². The summed E-state index contributed by atoms with van der Waals surface area (Å²) >= 11 is 5.92. The lowest BCUT2D eigenvalue weighted by Gasteiger charge is -2.12. The fourth-order valence-electron chi connectivity index (χ4n) is 1.82. The zero-order chi connectivity index (χ0) is 14.5. The predicted molar refractivity (Wildman–Crippen MR) is 79.6 cm³/mol. The molecule has 1 unspecified atom stereocenters. The third kappa shape index (κ3) is 13.8. The van der Waals surface area contributed by atoms with Crippen molar-refractivity contribution in [3.05, 3.63) is 0 Å². The Bertz CT molecular complexity index is 219. The van der Waals surface area contributed by atoms with E-state index in [4.69, 9.17) is 21.1 Å². The maximum Gasteiger partial charge on any atom is 0.510 e. The Morgan fingerprint density at radius 3 is 2.00 bits per heavy atom. The summed E-state index contributed by atoms with van der Waals surface area (Å²) in [5.74, 6) is 0. The lowest BCUT2D eigenvalue weighted by atomic mass is 10.1. The van der Waals surface area contributed by atoms with Gasteiger partial charge in [-0.1, -0.05) is 63.5 Å². The van der Waals surface area contributed by atoms with Crippen LogP contribution >= 0.6 is 11.6 Å². The molecule has 4 heteroatoms. The Balaban J connectivity index is 3.33. The highest BCUT2D eigenvalue weighted by atomic mass is 35.5. The van der Waals surface area contributed by atoms with Crippen LogP contribution in [0.5, 0.6) is 0 Å². The Hall–Kier alpha value is -0.440. The Morgan fingerprint density at radius 2 is 1.47 bits per heavy atom. The second kappa shape index (κ2) is 12.6. The van der Waals surface area contributed by atoms with Crippen LogP contribution in [0, 0.1) is 0 Å². The molecule has 0 radical (unpaired) electrons. The van der Waals surface area contributed by atoms with E-state index < -0.39 is 11.7 Å². The zero-order valence-electron chi connectivity index (χ0n) is 12.6. The molecule has 0 saturated carbocycles. The van der Waals surface area contributed by atoms with E-state index in [2.05, 4.69) is 6.92 Å². The molecular weight excluding hydrogens is 264 g/mol. The van der Waals surface area contributed by atoms with Gasteiger partial charge in [-0.05, 0) is 26.7 Å². The number of unbranched alkanes of at least 4 members (excludes halogenated alkanes) is 7. The first-order valence-electron chi connectivity index (χ1n) is 7.57. The van der Waals surface area contributed by atoms with Gasteiger partial charge in [-0.2, -0.15) is 0 Å². The van der Waals surface area contributed by atoms with Gasteiger partial charge >= 0.3 is 6.16 Å². The summed E-state index contributed by atoms with van der Waals surface area (Å²) in [5.41, 5.74) is -0.564. The standard InChI is InChI=1S/C15H29ClO3/c1-4-5-6-7-8-9-10-11-12-14(16)19-15(17)18-13(2)3/h13-14H,4-12H2,1-3H3. The first-order chi connectivity index (χ1) is 9.06. The topological polar surface area (TPSA) is 35.5 Å². The molecule has 0 aromatic carbocycles. The van der Waals surface area contributed by atoms with Crippen molar-refractivity contribution in [1.82, 2.24) is 0 Å². The summed E-state index contributed by atoms with van der Waals surface area (Å²) in [6.07, 6.45) is 9.85. The van der Waals surface area contributed by atoms with E-state index >= 15 is 0 Å². The number of alkyl halides is 1. The maximum absolute atomic E-state index is 11.2. The number of ether oxygens (including phenoxy) is 2. The fourth-order valence-corrected chi connectivity index (χ4v) is 2.05. The van der Waals surface area contributed by atoms with Crippen LogP contribution in [0.25, 0.3) is 0 Å². The quantitative estimate of drug-likeness (QED) is 0.281. The minimum Gasteiger partial charge on any atom is -0.432 e. The normalized spacial score (nSPS) is 12.5. The molecule has 3 nitrogen and oxygen atoms in total. The van der Waals surface area contributed by atoms with E-state index in [0.29, 0.717) is 6.42 Å². The second-order valence-electron chi connectivity index (χ2n) is 5.21. The summed E-state index contributed by atoms with van der Waals surface area (Å²) in [7, 11) is 0. The third-order valence-corrected chi connectivity index (χ3v) is 3.15. The highest BCUT2D eigenvalue weighted by molar-refractivity contribution is 6.20. The number of halogens is 1. The largest absolute Gasteiger partial charge is 0.510 e. The number of carbonyl (C=O) groups excluding carboxylic acids is 1. The van der Waals surface area contributed by atoms with Gasteiger partial charge in [0.2, 0.25) is 0 Å². The van der Waals surface area contributed by atoms with Gasteiger partial charge in [0.1, 0.15) is 0 Å². The molecule has 0 aromatic heterocycles. The van der Waals surface area contributed by atoms with Gasteiger partial charge in [-0.25, -0.2) is 4.79 Å². The molecule has 114 valence electrons. The molecule has 0 fully saturated rings. The van der Waals surface area contributed by atoms with E-state index in [0.717, 1.165) is 12.8 Å². The van der Waals surface area contributed by atoms with Crippen molar-refractivity contribution in [2.75, 3.05) is 0 Å². The molecule has 0 rings (SSSR count). The molecule has 19 heavy (non-hydrogen) atoms. The van der Waals surface area contributed by atoms with Gasteiger partial charge in [0.15, 0.2) is 5.56 Å². The molecule has 1 atom stereocenters. The fraction of sp³-hybridized carbons (Fsp3) is 0.933. The number of carbonyl (C=O) groups is 1. The molecule has 0 aliphatic carbocycles. The molecule has 0 bridgehead atoms. The van der Waals surface area contributed by atoms with Crippen molar-refractivity contribution in [1.29, 1.82) is 0 Å². The first-order valence-corrected chi connectivity index (χ1v) is 8.01. The smallest absolute Gasteiger partial charge is 0.432 e. The highest BCUT2D eigenvalue weighted by Gasteiger charge is 2.13. The van der Waals surface area contributed by atoms with E-state index in [9.17, 15) is 4.79 Å². The van der Waals surface area contributed by atoms with Crippen molar-refractivity contribution in [3.8, 4) is 0 Å². The van der Waals surface area contributed by atoms with Crippen molar-refractivity contribution in [3.63, 3.8) is 0 Å². The van der Waals surface area contributed by atoms with E-state index in [1.54, 1.807) is 13.8 Å². The van der Waals surface area contributed by atoms with Gasteiger partial charge in [-0.15, -0.1) is 0 Å². The van der Waals surface area contributed by atoms with Crippen molar-refractivity contribution < 1.29 is 14.3 Å². The third-order valence-electron chi connectivity index (χ3n) is 2.84. The molecular formula is C15H29ClO3. The van der Waals surface area contributed by atoms with Crippen LogP contribution in [-0.4, -0.2) is 17.8 Å². The van der Waals surface area contributed by atoms with Gasteiger partial charge in [-0.3, -0.25) is 0 Å². The van der Waals surface area contributed by atoms with Crippen LogP contribution in [0.4, 0.5) is 4.79 Å². The van der Waals surface area contributed by atoms with Crippen LogP contribution in [0.1, 0.15) is 78.6 Å². The highest BCUT2D eigenvalue weighted by Crippen LogP contribution is 2.14. The lowest BCUT2D eigenvalue weighted by molar-refractivity contribution is 0.0244. The van der Waals surface area contributed by atoms with Gasteiger partial charge in [0.05, 0.1) is 6.10 Å². The van der Waals surface area contributed by atoms with Gasteiger partial charge < -0.3 is 9.47 Å². The summed E-state index contributed by atoms with van der Waals surface area (Å²) in [4.78, 5) is 11.2. The molecule has 0 heterocycles. The molecule has 0 aliphatic heterocycles. The summed E-state index contributed by atoms with van der Waals surface area (Å²) in [6.45, 7) is 5.79. The van der Waals surface area contributed by atoms with Crippen molar-refractivity contribution in [2.24, 2.45) is 0 Å². The number of rotatable bonds is 11. The van der Waals surface area contributed by atoms with E-state index in [1.807, 2.05) is 0 Å². The Morgan fingerprint density at radius 1 is 0.947 bits per heavy atom. The molecule has 0 saturated heterocycles. The van der Waals surface area contributed by atoms with Crippen LogP contribution < -0.4 is 0 Å². The van der Waals surface area contributed by atoms with Gasteiger partial charge in [0.25, 0.3) is 0 Å². The SMILES string of the molecule is CCCCCCCCCCC(Cl)OC(=O)OC(C)C. The molecule has 0 aromatic rings. The molecule has 0 N–H and O–H groups in total. The average Bonchev–Trinajstić information content (AvgIpc) is 2.31. The maximum atomic E-state index is 11.2. The van der Waals surface area contributed by atoms with Crippen LogP contribution in [0.15, 0.2) is 0 Å². The van der Waals surface area contributed by atoms with Crippen molar-refractivity contribution in [2.45, 2.75) is 90.2 Å². The summed E-state index contributed by atoms with van der Waals surface area (Å²) in [5, 5.41) is 0. The first kappa shape index (κ1) is 18.6. The summed E-state index contributed by atoms with van der Waals surface area (Å²) in [6, 6.07) is 0. The zero-order valence-corrected chi connectivity index (χ0v) is 13.4. The monoisotopic (exact) mass is 292 g/mol. The van der Waals surface area contributed by atoms with Crippen LogP contribution in [-0.2, 0) is 9.47 Å². The molecule has 0 aliphatic rings. The average molecular weight is 293 g/mol. The molecule has 0 spiro atoms. The van der Waals surface area contributed by atoms with Crippen LogP contribution in [0.3, 0.4) is 0 Å².